The van der Waals surface area contributed by atoms with Gasteiger partial charge in [-0.3, -0.25) is 9.59 Å². The molecule has 2 atom stereocenters. The fourth-order valence-electron chi connectivity index (χ4n) is 4.19. The number of rotatable bonds is 6. The summed E-state index contributed by atoms with van der Waals surface area (Å²) in [5.41, 5.74) is 0.429. The van der Waals surface area contributed by atoms with E-state index in [0.717, 1.165) is 42.8 Å². The van der Waals surface area contributed by atoms with E-state index in [1.165, 1.54) is 12.1 Å². The van der Waals surface area contributed by atoms with Gasteiger partial charge in [-0.2, -0.15) is 0 Å². The largest absolute Gasteiger partial charge is 0.349 e. The SMILES string of the molecule is CCCCC1CCCC1NC(=O)c1ccc2c(c1)S(=O)(=O)N(C(C)C)C2=O. The summed E-state index contributed by atoms with van der Waals surface area (Å²) < 4.78 is 26.3. The molecule has 148 valence electrons. The number of benzene rings is 1. The van der Waals surface area contributed by atoms with Crippen LogP contribution in [-0.4, -0.2) is 36.6 Å². The van der Waals surface area contributed by atoms with Crippen molar-refractivity contribution < 1.29 is 18.0 Å². The predicted molar refractivity (Wildman–Crippen MR) is 103 cm³/mol. The van der Waals surface area contributed by atoms with Crippen molar-refractivity contribution in [3.8, 4) is 0 Å². The second-order valence-electron chi connectivity index (χ2n) is 7.82. The molecule has 7 heteroatoms. The molecule has 1 aromatic carbocycles. The molecule has 1 N–H and O–H groups in total. The Morgan fingerprint density at radius 1 is 1.30 bits per heavy atom. The van der Waals surface area contributed by atoms with E-state index in [1.807, 2.05) is 0 Å². The molecule has 1 fully saturated rings. The topological polar surface area (TPSA) is 83.6 Å². The average molecular weight is 393 g/mol. The first kappa shape index (κ1) is 19.9. The van der Waals surface area contributed by atoms with E-state index in [4.69, 9.17) is 0 Å². The van der Waals surface area contributed by atoms with Crippen LogP contribution >= 0.6 is 0 Å². The molecule has 1 saturated carbocycles. The van der Waals surface area contributed by atoms with E-state index in [2.05, 4.69) is 12.2 Å². The molecule has 0 aromatic heterocycles. The van der Waals surface area contributed by atoms with Gasteiger partial charge in [0.1, 0.15) is 4.90 Å². The van der Waals surface area contributed by atoms with Crippen LogP contribution in [0.3, 0.4) is 0 Å². The summed E-state index contributed by atoms with van der Waals surface area (Å²) in [5.74, 6) is -0.302. The van der Waals surface area contributed by atoms with Crippen molar-refractivity contribution in [3.63, 3.8) is 0 Å². The minimum absolute atomic E-state index is 0.0668. The Hall–Kier alpha value is -1.89. The van der Waals surface area contributed by atoms with Crippen LogP contribution < -0.4 is 5.32 Å². The predicted octanol–water partition coefficient (Wildman–Crippen LogP) is 3.33. The Morgan fingerprint density at radius 3 is 2.70 bits per heavy atom. The van der Waals surface area contributed by atoms with Gasteiger partial charge >= 0.3 is 0 Å². The van der Waals surface area contributed by atoms with Gasteiger partial charge in [0.15, 0.2) is 0 Å². The fourth-order valence-corrected chi connectivity index (χ4v) is 5.98. The zero-order valence-electron chi connectivity index (χ0n) is 16.2. The van der Waals surface area contributed by atoms with Crippen molar-refractivity contribution in [1.82, 2.24) is 9.62 Å². The van der Waals surface area contributed by atoms with Crippen LogP contribution in [0.4, 0.5) is 0 Å². The molecular formula is C20H28N2O4S. The Balaban J connectivity index is 1.81. The lowest BCUT2D eigenvalue weighted by atomic mass is 9.96. The van der Waals surface area contributed by atoms with Gasteiger partial charge in [0, 0.05) is 17.6 Å². The normalized spacial score (nSPS) is 23.7. The molecule has 27 heavy (non-hydrogen) atoms. The van der Waals surface area contributed by atoms with Crippen LogP contribution in [0.2, 0.25) is 0 Å². The minimum Gasteiger partial charge on any atom is -0.349 e. The highest BCUT2D eigenvalue weighted by Crippen LogP contribution is 2.33. The van der Waals surface area contributed by atoms with Crippen molar-refractivity contribution in [2.24, 2.45) is 5.92 Å². The summed E-state index contributed by atoms with van der Waals surface area (Å²) in [6.45, 7) is 5.48. The summed E-state index contributed by atoms with van der Waals surface area (Å²) in [6.07, 6.45) is 6.60. The average Bonchev–Trinajstić information content (AvgIpc) is 3.13. The van der Waals surface area contributed by atoms with Gasteiger partial charge in [0.25, 0.3) is 21.8 Å². The van der Waals surface area contributed by atoms with E-state index in [-0.39, 0.29) is 28.0 Å². The second kappa shape index (κ2) is 7.62. The van der Waals surface area contributed by atoms with E-state index >= 15 is 0 Å². The highest BCUT2D eigenvalue weighted by molar-refractivity contribution is 7.90. The molecule has 2 amide bonds. The molecule has 3 rings (SSSR count). The van der Waals surface area contributed by atoms with Crippen molar-refractivity contribution in [2.75, 3.05) is 0 Å². The number of hydrogen-bond acceptors (Lipinski definition) is 4. The maximum atomic E-state index is 12.7. The standard InChI is InChI=1S/C20H28N2O4S/c1-4-5-7-14-8-6-9-17(14)21-19(23)15-10-11-16-18(12-15)27(25,26)22(13(2)3)20(16)24/h10-14,17H,4-9H2,1-3H3,(H,21,23). The van der Waals surface area contributed by atoms with Crippen LogP contribution in [0.25, 0.3) is 0 Å². The minimum atomic E-state index is -3.90. The molecular weight excluding hydrogens is 364 g/mol. The molecule has 2 unspecified atom stereocenters. The molecule has 0 saturated heterocycles. The summed E-state index contributed by atoms with van der Waals surface area (Å²) in [6, 6.07) is 4.01. The van der Waals surface area contributed by atoms with Gasteiger partial charge in [-0.25, -0.2) is 12.7 Å². The molecule has 1 heterocycles. The lowest BCUT2D eigenvalue weighted by Crippen LogP contribution is -2.37. The first-order valence-corrected chi connectivity index (χ1v) is 11.2. The molecule has 1 aliphatic carbocycles. The lowest BCUT2D eigenvalue weighted by Gasteiger charge is -2.21. The number of amides is 2. The maximum absolute atomic E-state index is 12.7. The van der Waals surface area contributed by atoms with Crippen LogP contribution in [-0.2, 0) is 10.0 Å². The summed E-state index contributed by atoms with van der Waals surface area (Å²) in [5, 5.41) is 3.09. The molecule has 2 aliphatic rings. The number of sulfonamides is 1. The number of carbonyl (C=O) groups is 2. The van der Waals surface area contributed by atoms with Crippen LogP contribution in [0.5, 0.6) is 0 Å². The summed E-state index contributed by atoms with van der Waals surface area (Å²) >= 11 is 0. The third kappa shape index (κ3) is 3.61. The van der Waals surface area contributed by atoms with Crippen molar-refractivity contribution >= 4 is 21.8 Å². The van der Waals surface area contributed by atoms with Crippen molar-refractivity contribution in [1.29, 1.82) is 0 Å². The highest BCUT2D eigenvalue weighted by atomic mass is 32.2. The van der Waals surface area contributed by atoms with Gasteiger partial charge in [0.05, 0.1) is 5.56 Å². The zero-order chi connectivity index (χ0) is 19.8. The first-order chi connectivity index (χ1) is 12.8. The van der Waals surface area contributed by atoms with Crippen molar-refractivity contribution in [2.45, 2.75) is 76.3 Å². The molecule has 1 aromatic rings. The van der Waals surface area contributed by atoms with E-state index in [9.17, 15) is 18.0 Å². The Kier molecular flexibility index (Phi) is 5.60. The summed E-state index contributed by atoms with van der Waals surface area (Å²) in [4.78, 5) is 25.1. The number of hydrogen-bond donors (Lipinski definition) is 1. The Morgan fingerprint density at radius 2 is 2.04 bits per heavy atom. The summed E-state index contributed by atoms with van der Waals surface area (Å²) in [7, 11) is -3.90. The van der Waals surface area contributed by atoms with Gasteiger partial charge in [0.2, 0.25) is 0 Å². The van der Waals surface area contributed by atoms with E-state index in [0.29, 0.717) is 5.92 Å². The number of unbranched alkanes of at least 4 members (excludes halogenated alkanes) is 1. The third-order valence-electron chi connectivity index (χ3n) is 5.58. The van der Waals surface area contributed by atoms with E-state index in [1.54, 1.807) is 19.9 Å². The van der Waals surface area contributed by atoms with Gasteiger partial charge in [-0.05, 0) is 57.2 Å². The second-order valence-corrected chi connectivity index (χ2v) is 9.61. The number of nitrogens with one attached hydrogen (secondary N) is 1. The van der Waals surface area contributed by atoms with Crippen LogP contribution in [0.1, 0.15) is 80.0 Å². The number of carbonyl (C=O) groups excluding carboxylic acids is 2. The molecule has 0 bridgehead atoms. The number of nitrogens with zero attached hydrogens (tertiary/aromatic N) is 1. The Labute approximate surface area is 161 Å². The van der Waals surface area contributed by atoms with Crippen molar-refractivity contribution in [3.05, 3.63) is 29.3 Å². The highest BCUT2D eigenvalue weighted by Gasteiger charge is 2.43. The van der Waals surface area contributed by atoms with E-state index < -0.39 is 22.0 Å². The fraction of sp³-hybridized carbons (Fsp3) is 0.600. The first-order valence-electron chi connectivity index (χ1n) is 9.81. The van der Waals surface area contributed by atoms with Gasteiger partial charge in [-0.1, -0.05) is 26.2 Å². The zero-order valence-corrected chi connectivity index (χ0v) is 17.0. The maximum Gasteiger partial charge on any atom is 0.269 e. The monoisotopic (exact) mass is 392 g/mol. The molecule has 0 radical (unpaired) electrons. The molecule has 0 spiro atoms. The molecule has 6 nitrogen and oxygen atoms in total. The van der Waals surface area contributed by atoms with Crippen LogP contribution in [0.15, 0.2) is 23.1 Å². The van der Waals surface area contributed by atoms with Gasteiger partial charge in [-0.15, -0.1) is 0 Å². The van der Waals surface area contributed by atoms with Crippen LogP contribution in [0, 0.1) is 5.92 Å². The Bertz CT molecular complexity index is 848. The lowest BCUT2D eigenvalue weighted by molar-refractivity contribution is 0.0845. The third-order valence-corrected chi connectivity index (χ3v) is 7.58. The number of fused-ring (bicyclic) bond motifs is 1. The molecule has 1 aliphatic heterocycles. The smallest absolute Gasteiger partial charge is 0.269 e. The van der Waals surface area contributed by atoms with Gasteiger partial charge < -0.3 is 5.32 Å². The quantitative estimate of drug-likeness (QED) is 0.805.